The first-order chi connectivity index (χ1) is 9.83. The van der Waals surface area contributed by atoms with E-state index in [0.29, 0.717) is 35.1 Å². The van der Waals surface area contributed by atoms with Crippen LogP contribution in [0.5, 0.6) is 0 Å². The summed E-state index contributed by atoms with van der Waals surface area (Å²) in [6.45, 7) is 2.95. The Balaban J connectivity index is 2.38. The van der Waals surface area contributed by atoms with Crippen molar-refractivity contribution in [3.05, 3.63) is 10.9 Å². The first-order valence-electron chi connectivity index (χ1n) is 6.81. The van der Waals surface area contributed by atoms with Crippen LogP contribution in [-0.2, 0) is 0 Å². The van der Waals surface area contributed by atoms with Crippen molar-refractivity contribution in [1.29, 1.82) is 0 Å². The molecule has 0 fully saturated rings. The number of carbonyl (C=O) groups is 1. The Hall–Kier alpha value is -1.44. The fourth-order valence-corrected chi connectivity index (χ4v) is 2.57. The van der Waals surface area contributed by atoms with Gasteiger partial charge >= 0.3 is 6.18 Å². The third-order valence-corrected chi connectivity index (χ3v) is 3.80. The number of nitrogens with one attached hydrogen (secondary N) is 2. The number of nitrogen functional groups attached to an aromatic ring is 1. The largest absolute Gasteiger partial charge is 0.397 e. The van der Waals surface area contributed by atoms with Gasteiger partial charge in [-0.1, -0.05) is 6.92 Å². The van der Waals surface area contributed by atoms with Crippen LogP contribution in [-0.4, -0.2) is 25.2 Å². The minimum absolute atomic E-state index is 0.0845. The van der Waals surface area contributed by atoms with Crippen LogP contribution in [0.3, 0.4) is 0 Å². The smallest absolute Gasteiger partial charge is 0.389 e. The normalized spacial score (nSPS) is 11.4. The lowest BCUT2D eigenvalue weighted by molar-refractivity contribution is -0.135. The zero-order valence-electron chi connectivity index (χ0n) is 11.8. The van der Waals surface area contributed by atoms with Gasteiger partial charge in [0.15, 0.2) is 0 Å². The Kier molecular flexibility index (Phi) is 6.80. The molecule has 0 aliphatic carbocycles. The maximum atomic E-state index is 12.0. The lowest BCUT2D eigenvalue weighted by atomic mass is 10.2. The molecule has 1 amide bonds. The van der Waals surface area contributed by atoms with Crippen molar-refractivity contribution in [2.45, 2.75) is 38.8 Å². The molecular weight excluding hydrogens is 303 g/mol. The Morgan fingerprint density at radius 3 is 2.67 bits per heavy atom. The molecule has 0 saturated heterocycles. The molecule has 4 nitrogen and oxygen atoms in total. The van der Waals surface area contributed by atoms with Crippen LogP contribution in [0, 0.1) is 0 Å². The van der Waals surface area contributed by atoms with E-state index in [-0.39, 0.29) is 12.3 Å². The number of anilines is 2. The lowest BCUT2D eigenvalue weighted by Gasteiger charge is -2.06. The van der Waals surface area contributed by atoms with Crippen molar-refractivity contribution in [2.75, 3.05) is 24.1 Å². The third kappa shape index (κ3) is 6.70. The second-order valence-corrected chi connectivity index (χ2v) is 5.70. The molecule has 0 radical (unpaired) electrons. The van der Waals surface area contributed by atoms with E-state index < -0.39 is 12.6 Å². The lowest BCUT2D eigenvalue weighted by Crippen LogP contribution is -2.23. The van der Waals surface area contributed by atoms with Crippen LogP contribution >= 0.6 is 11.3 Å². The van der Waals surface area contributed by atoms with Crippen LogP contribution in [0.15, 0.2) is 6.07 Å². The number of hydrogen-bond acceptors (Lipinski definition) is 4. The molecule has 1 aromatic heterocycles. The summed E-state index contributed by atoms with van der Waals surface area (Å²) >= 11 is 1.21. The molecule has 1 heterocycles. The second-order valence-electron chi connectivity index (χ2n) is 4.65. The number of halogens is 3. The molecule has 8 heteroatoms. The fourth-order valence-electron chi connectivity index (χ4n) is 1.65. The molecule has 120 valence electrons. The van der Waals surface area contributed by atoms with Crippen molar-refractivity contribution in [1.82, 2.24) is 5.32 Å². The minimum Gasteiger partial charge on any atom is -0.397 e. The van der Waals surface area contributed by atoms with E-state index in [1.165, 1.54) is 11.3 Å². The molecular formula is C13H20F3N3OS. The summed E-state index contributed by atoms with van der Waals surface area (Å²) in [6.07, 6.45) is -3.54. The topological polar surface area (TPSA) is 67.2 Å². The summed E-state index contributed by atoms with van der Waals surface area (Å²) in [5, 5.41) is 6.42. The van der Waals surface area contributed by atoms with Gasteiger partial charge in [0.2, 0.25) is 0 Å². The number of rotatable bonds is 8. The number of hydrogen-bond donors (Lipinski definition) is 3. The Labute approximate surface area is 125 Å². The highest BCUT2D eigenvalue weighted by atomic mass is 32.1. The van der Waals surface area contributed by atoms with Crippen LogP contribution in [0.1, 0.15) is 42.3 Å². The Bertz CT molecular complexity index is 460. The summed E-state index contributed by atoms with van der Waals surface area (Å²) in [4.78, 5) is 12.2. The van der Waals surface area contributed by atoms with Crippen molar-refractivity contribution < 1.29 is 18.0 Å². The second kappa shape index (κ2) is 8.11. The predicted molar refractivity (Wildman–Crippen MR) is 79.8 cm³/mol. The maximum absolute atomic E-state index is 12.0. The molecule has 0 aliphatic heterocycles. The van der Waals surface area contributed by atoms with Gasteiger partial charge in [-0.05, 0) is 25.3 Å². The summed E-state index contributed by atoms with van der Waals surface area (Å²) in [5.74, 6) is -0.218. The first kappa shape index (κ1) is 17.6. The van der Waals surface area contributed by atoms with E-state index in [2.05, 4.69) is 10.6 Å². The van der Waals surface area contributed by atoms with Crippen LogP contribution in [0.2, 0.25) is 0 Å². The Morgan fingerprint density at radius 2 is 2.05 bits per heavy atom. The Morgan fingerprint density at radius 1 is 1.33 bits per heavy atom. The molecule has 1 rings (SSSR count). The summed E-state index contributed by atoms with van der Waals surface area (Å²) in [7, 11) is 0. The zero-order chi connectivity index (χ0) is 15.9. The highest BCUT2D eigenvalue weighted by molar-refractivity contribution is 7.18. The number of nitrogens with two attached hydrogens (primary N) is 1. The van der Waals surface area contributed by atoms with Gasteiger partial charge in [0.05, 0.1) is 10.7 Å². The molecule has 0 aliphatic rings. The van der Waals surface area contributed by atoms with Gasteiger partial charge in [0.1, 0.15) is 4.88 Å². The highest BCUT2D eigenvalue weighted by Gasteiger charge is 2.25. The van der Waals surface area contributed by atoms with Gasteiger partial charge in [-0.2, -0.15) is 13.2 Å². The van der Waals surface area contributed by atoms with E-state index in [9.17, 15) is 18.0 Å². The van der Waals surface area contributed by atoms with E-state index in [1.54, 1.807) is 6.07 Å². The average molecular weight is 323 g/mol. The standard InChI is InChI=1S/C13H20F3N3OS/c1-2-6-19-12(20)11-9(17)8-10(21-11)18-7-4-3-5-13(14,15)16/h8,18H,2-7,17H2,1H3,(H,19,20). The zero-order valence-corrected chi connectivity index (χ0v) is 12.7. The van der Waals surface area contributed by atoms with Gasteiger partial charge in [0.25, 0.3) is 5.91 Å². The SMILES string of the molecule is CCCNC(=O)c1sc(NCCCCC(F)(F)F)cc1N. The quantitative estimate of drug-likeness (QED) is 0.640. The first-order valence-corrected chi connectivity index (χ1v) is 7.63. The predicted octanol–water partition coefficient (Wildman–Crippen LogP) is 3.61. The fraction of sp³-hybridized carbons (Fsp3) is 0.615. The van der Waals surface area contributed by atoms with Crippen molar-refractivity contribution in [2.24, 2.45) is 0 Å². The number of alkyl halides is 3. The molecule has 0 bridgehead atoms. The minimum atomic E-state index is -4.10. The molecule has 0 spiro atoms. The molecule has 0 aromatic carbocycles. The average Bonchev–Trinajstić information content (AvgIpc) is 2.75. The molecule has 1 aromatic rings. The van der Waals surface area contributed by atoms with Crippen molar-refractivity contribution >= 4 is 27.9 Å². The molecule has 0 unspecified atom stereocenters. The number of unbranched alkanes of at least 4 members (excludes halogenated alkanes) is 1. The van der Waals surface area contributed by atoms with Gasteiger partial charge < -0.3 is 16.4 Å². The van der Waals surface area contributed by atoms with Crippen molar-refractivity contribution in [3.63, 3.8) is 0 Å². The van der Waals surface area contributed by atoms with Crippen LogP contribution < -0.4 is 16.4 Å². The monoisotopic (exact) mass is 323 g/mol. The van der Waals surface area contributed by atoms with E-state index in [0.717, 1.165) is 6.42 Å². The van der Waals surface area contributed by atoms with Crippen molar-refractivity contribution in [3.8, 4) is 0 Å². The summed E-state index contributed by atoms with van der Waals surface area (Å²) in [6, 6.07) is 1.63. The van der Waals surface area contributed by atoms with Gasteiger partial charge in [-0.3, -0.25) is 4.79 Å². The van der Waals surface area contributed by atoms with E-state index in [4.69, 9.17) is 5.73 Å². The number of carbonyl (C=O) groups excluding carboxylic acids is 1. The summed E-state index contributed by atoms with van der Waals surface area (Å²) in [5.41, 5.74) is 6.14. The highest BCUT2D eigenvalue weighted by Crippen LogP contribution is 2.29. The third-order valence-electron chi connectivity index (χ3n) is 2.69. The van der Waals surface area contributed by atoms with Crippen LogP contribution in [0.25, 0.3) is 0 Å². The van der Waals surface area contributed by atoms with Crippen LogP contribution in [0.4, 0.5) is 23.9 Å². The van der Waals surface area contributed by atoms with Gasteiger partial charge in [0, 0.05) is 19.5 Å². The molecule has 21 heavy (non-hydrogen) atoms. The molecule has 0 atom stereocenters. The molecule has 0 saturated carbocycles. The molecule has 4 N–H and O–H groups in total. The van der Waals surface area contributed by atoms with Gasteiger partial charge in [-0.25, -0.2) is 0 Å². The number of thiophene rings is 1. The summed E-state index contributed by atoms with van der Waals surface area (Å²) < 4.78 is 35.9. The maximum Gasteiger partial charge on any atom is 0.389 e. The van der Waals surface area contributed by atoms with E-state index in [1.807, 2.05) is 6.92 Å². The van der Waals surface area contributed by atoms with E-state index >= 15 is 0 Å². The van der Waals surface area contributed by atoms with Gasteiger partial charge in [-0.15, -0.1) is 11.3 Å². The number of amides is 1.